The van der Waals surface area contributed by atoms with E-state index >= 15 is 0 Å². The van der Waals surface area contributed by atoms with Crippen LogP contribution in [0.3, 0.4) is 0 Å². The lowest BCUT2D eigenvalue weighted by Gasteiger charge is -2.40. The minimum atomic E-state index is 0.0481. The van der Waals surface area contributed by atoms with Crippen LogP contribution in [-0.2, 0) is 19.9 Å². The van der Waals surface area contributed by atoms with Gasteiger partial charge >= 0.3 is 0 Å². The molecule has 6 nitrogen and oxygen atoms in total. The molecule has 1 amide bonds. The zero-order chi connectivity index (χ0) is 19.7. The zero-order valence-corrected chi connectivity index (χ0v) is 17.0. The van der Waals surface area contributed by atoms with Gasteiger partial charge in [-0.3, -0.25) is 9.48 Å². The van der Waals surface area contributed by atoms with E-state index < -0.39 is 0 Å². The molecule has 0 N–H and O–H groups in total. The second-order valence-corrected chi connectivity index (χ2v) is 8.40. The maximum atomic E-state index is 13.2. The number of aryl methyl sites for hydroxylation is 2. The number of carbonyl (C=O) groups excluding carboxylic acids is 1. The topological polar surface area (TPSA) is 56.6 Å². The monoisotopic (exact) mass is 383 g/mol. The van der Waals surface area contributed by atoms with E-state index in [0.29, 0.717) is 12.5 Å². The van der Waals surface area contributed by atoms with Crippen LogP contribution in [0, 0.1) is 5.41 Å². The quantitative estimate of drug-likeness (QED) is 0.792. The molecule has 1 saturated heterocycles. The highest BCUT2D eigenvalue weighted by Gasteiger charge is 2.34. The first-order valence-corrected chi connectivity index (χ1v) is 10.2. The van der Waals surface area contributed by atoms with Gasteiger partial charge in [0.15, 0.2) is 11.5 Å². The Balaban J connectivity index is 1.48. The molecular weight excluding hydrogens is 354 g/mol. The average molecular weight is 383 g/mol. The largest absolute Gasteiger partial charge is 0.454 e. The molecule has 0 saturated carbocycles. The molecule has 2 aromatic rings. The lowest BCUT2D eigenvalue weighted by molar-refractivity contribution is 0.0540. The molecule has 1 aromatic carbocycles. The van der Waals surface area contributed by atoms with Gasteiger partial charge in [0.25, 0.3) is 5.91 Å². The number of likely N-dealkylation sites (tertiary alicyclic amines) is 1. The van der Waals surface area contributed by atoms with Crippen LogP contribution in [0.15, 0.2) is 24.3 Å². The molecule has 2 aliphatic heterocycles. The molecule has 0 spiro atoms. The first kappa shape index (κ1) is 18.8. The Hall–Kier alpha value is -2.50. The van der Waals surface area contributed by atoms with Gasteiger partial charge in [-0.1, -0.05) is 26.3 Å². The molecule has 0 unspecified atom stereocenters. The summed E-state index contributed by atoms with van der Waals surface area (Å²) in [5.41, 5.74) is 2.96. The van der Waals surface area contributed by atoms with E-state index in [-0.39, 0.29) is 11.3 Å². The zero-order valence-electron chi connectivity index (χ0n) is 17.0. The van der Waals surface area contributed by atoms with Crippen LogP contribution in [0.4, 0.5) is 0 Å². The highest BCUT2D eigenvalue weighted by atomic mass is 16.7. The lowest BCUT2D eigenvalue weighted by Crippen LogP contribution is -2.46. The third-order valence-electron chi connectivity index (χ3n) is 5.79. The van der Waals surface area contributed by atoms with E-state index in [4.69, 9.17) is 9.47 Å². The number of hydrogen-bond acceptors (Lipinski definition) is 4. The standard InChI is InChI=1S/C22H29N3O3/c1-4-6-17-12-18(24(3)23-17)21(26)25-10-5-9-22(2,14-25)13-16-7-8-19-20(11-16)28-15-27-19/h7-8,11-12H,4-6,9-10,13-15H2,1-3H3/t22-/m1/s1. The summed E-state index contributed by atoms with van der Waals surface area (Å²) in [4.78, 5) is 15.2. The van der Waals surface area contributed by atoms with Crippen LogP contribution < -0.4 is 9.47 Å². The number of rotatable bonds is 5. The molecular formula is C22H29N3O3. The summed E-state index contributed by atoms with van der Waals surface area (Å²) in [5, 5.41) is 4.50. The predicted molar refractivity (Wildman–Crippen MR) is 107 cm³/mol. The van der Waals surface area contributed by atoms with Crippen LogP contribution in [0.1, 0.15) is 54.9 Å². The smallest absolute Gasteiger partial charge is 0.272 e. The van der Waals surface area contributed by atoms with E-state index in [2.05, 4.69) is 31.1 Å². The Morgan fingerprint density at radius 1 is 1.25 bits per heavy atom. The van der Waals surface area contributed by atoms with E-state index in [1.807, 2.05) is 24.1 Å². The third kappa shape index (κ3) is 3.73. The fourth-order valence-electron chi connectivity index (χ4n) is 4.44. The molecule has 1 atom stereocenters. The van der Waals surface area contributed by atoms with Gasteiger partial charge in [0.05, 0.1) is 5.69 Å². The van der Waals surface area contributed by atoms with Gasteiger partial charge in [0.2, 0.25) is 6.79 Å². The number of amides is 1. The summed E-state index contributed by atoms with van der Waals surface area (Å²) in [6.07, 6.45) is 4.98. The van der Waals surface area contributed by atoms with E-state index in [1.54, 1.807) is 4.68 Å². The number of hydrogen-bond donors (Lipinski definition) is 0. The Labute approximate surface area is 166 Å². The van der Waals surface area contributed by atoms with Crippen molar-refractivity contribution in [2.45, 2.75) is 46.0 Å². The van der Waals surface area contributed by atoms with Gasteiger partial charge in [-0.2, -0.15) is 5.10 Å². The Kier molecular flexibility index (Phi) is 5.04. The summed E-state index contributed by atoms with van der Waals surface area (Å²) in [6, 6.07) is 8.12. The van der Waals surface area contributed by atoms with Crippen LogP contribution >= 0.6 is 0 Å². The molecule has 6 heteroatoms. The number of piperidine rings is 1. The van der Waals surface area contributed by atoms with Crippen molar-refractivity contribution >= 4 is 5.91 Å². The molecule has 1 aromatic heterocycles. The van der Waals surface area contributed by atoms with Gasteiger partial charge in [-0.15, -0.1) is 0 Å². The first-order chi connectivity index (χ1) is 13.5. The molecule has 3 heterocycles. The Bertz CT molecular complexity index is 876. The van der Waals surface area contributed by atoms with Gasteiger partial charge in [0.1, 0.15) is 5.69 Å². The van der Waals surface area contributed by atoms with Crippen LogP contribution in [0.2, 0.25) is 0 Å². The first-order valence-electron chi connectivity index (χ1n) is 10.2. The number of carbonyl (C=O) groups is 1. The predicted octanol–water partition coefficient (Wildman–Crippen LogP) is 3.59. The number of ether oxygens (including phenoxy) is 2. The van der Waals surface area contributed by atoms with Gasteiger partial charge in [0, 0.05) is 20.1 Å². The summed E-state index contributed by atoms with van der Waals surface area (Å²) in [5.74, 6) is 1.73. The van der Waals surface area contributed by atoms with Crippen LogP contribution in [-0.4, -0.2) is 40.5 Å². The van der Waals surface area contributed by atoms with Crippen LogP contribution in [0.5, 0.6) is 11.5 Å². The second kappa shape index (κ2) is 7.49. The minimum Gasteiger partial charge on any atom is -0.454 e. The highest BCUT2D eigenvalue weighted by molar-refractivity contribution is 5.92. The van der Waals surface area contributed by atoms with E-state index in [1.165, 1.54) is 5.56 Å². The van der Waals surface area contributed by atoms with Gasteiger partial charge in [-0.05, 0) is 54.9 Å². The van der Waals surface area contributed by atoms with Crippen molar-refractivity contribution < 1.29 is 14.3 Å². The van der Waals surface area contributed by atoms with Crippen LogP contribution in [0.25, 0.3) is 0 Å². The summed E-state index contributed by atoms with van der Waals surface area (Å²) in [6.45, 7) is 6.27. The van der Waals surface area contributed by atoms with Crippen molar-refractivity contribution in [3.05, 3.63) is 41.2 Å². The molecule has 4 rings (SSSR count). The summed E-state index contributed by atoms with van der Waals surface area (Å²) < 4.78 is 12.7. The number of benzene rings is 1. The summed E-state index contributed by atoms with van der Waals surface area (Å²) >= 11 is 0. The van der Waals surface area contributed by atoms with Crippen molar-refractivity contribution in [2.24, 2.45) is 12.5 Å². The molecule has 28 heavy (non-hydrogen) atoms. The number of fused-ring (bicyclic) bond motifs is 1. The highest BCUT2D eigenvalue weighted by Crippen LogP contribution is 2.37. The third-order valence-corrected chi connectivity index (χ3v) is 5.79. The van der Waals surface area contributed by atoms with Crippen molar-refractivity contribution in [3.8, 4) is 11.5 Å². The molecule has 0 aliphatic carbocycles. The lowest BCUT2D eigenvalue weighted by atomic mass is 9.77. The molecule has 0 bridgehead atoms. The Morgan fingerprint density at radius 2 is 2.07 bits per heavy atom. The number of aromatic nitrogens is 2. The van der Waals surface area contributed by atoms with Gasteiger partial charge < -0.3 is 14.4 Å². The van der Waals surface area contributed by atoms with E-state index in [9.17, 15) is 4.79 Å². The number of nitrogens with zero attached hydrogens (tertiary/aromatic N) is 3. The molecule has 150 valence electrons. The minimum absolute atomic E-state index is 0.0481. The molecule has 2 aliphatic rings. The normalized spacial score (nSPS) is 21.2. The van der Waals surface area contributed by atoms with Crippen molar-refractivity contribution in [2.75, 3.05) is 19.9 Å². The van der Waals surface area contributed by atoms with Crippen molar-refractivity contribution in [1.29, 1.82) is 0 Å². The fourth-order valence-corrected chi connectivity index (χ4v) is 4.44. The average Bonchev–Trinajstić information content (AvgIpc) is 3.27. The maximum absolute atomic E-state index is 13.2. The molecule has 1 fully saturated rings. The fraction of sp³-hybridized carbons (Fsp3) is 0.545. The van der Waals surface area contributed by atoms with Crippen molar-refractivity contribution in [3.63, 3.8) is 0 Å². The Morgan fingerprint density at radius 3 is 2.89 bits per heavy atom. The summed E-state index contributed by atoms with van der Waals surface area (Å²) in [7, 11) is 1.86. The van der Waals surface area contributed by atoms with Gasteiger partial charge in [-0.25, -0.2) is 0 Å². The molecule has 0 radical (unpaired) electrons. The maximum Gasteiger partial charge on any atom is 0.272 e. The van der Waals surface area contributed by atoms with Crippen molar-refractivity contribution in [1.82, 2.24) is 14.7 Å². The SMILES string of the molecule is CCCc1cc(C(=O)N2CCC[C@](C)(Cc3ccc4c(c3)OCO4)C2)n(C)n1. The second-order valence-electron chi connectivity index (χ2n) is 8.40. The van der Waals surface area contributed by atoms with E-state index in [0.717, 1.165) is 62.4 Å².